The number of rotatable bonds is 11. The fraction of sp³-hybridized carbons (Fsp3) is 0.913. The van der Waals surface area contributed by atoms with E-state index in [1.807, 2.05) is 21.0 Å². The van der Waals surface area contributed by atoms with E-state index in [9.17, 15) is 9.59 Å². The highest BCUT2D eigenvalue weighted by atomic mass is 16.5. The Balaban J connectivity index is 1.29. The highest BCUT2D eigenvalue weighted by Gasteiger charge is 2.51. The van der Waals surface area contributed by atoms with Crippen LogP contribution < -0.4 is 0 Å². The third kappa shape index (κ3) is 6.20. The van der Waals surface area contributed by atoms with Crippen LogP contribution in [0.5, 0.6) is 0 Å². The number of hydrogen-bond donors (Lipinski definition) is 0. The molecular formula is C23H39NO4. The molecule has 0 aromatic heterocycles. The van der Waals surface area contributed by atoms with E-state index in [4.69, 9.17) is 9.47 Å². The fourth-order valence-corrected chi connectivity index (χ4v) is 6.15. The summed E-state index contributed by atoms with van der Waals surface area (Å²) in [5.41, 5.74) is 0.230. The number of ether oxygens (including phenoxy) is 2. The third-order valence-electron chi connectivity index (χ3n) is 6.98. The van der Waals surface area contributed by atoms with Gasteiger partial charge in [0.25, 0.3) is 0 Å². The average Bonchev–Trinajstić information content (AvgIpc) is 2.60. The van der Waals surface area contributed by atoms with E-state index in [0.29, 0.717) is 26.1 Å². The first-order chi connectivity index (χ1) is 13.3. The van der Waals surface area contributed by atoms with E-state index in [1.165, 1.54) is 38.5 Å². The average molecular weight is 394 g/mol. The Labute approximate surface area is 170 Å². The number of nitrogens with zero attached hydrogens (tertiary/aromatic N) is 1. The molecule has 0 N–H and O–H groups in total. The van der Waals surface area contributed by atoms with Gasteiger partial charge in [-0.3, -0.25) is 9.59 Å². The lowest BCUT2D eigenvalue weighted by Gasteiger charge is -2.56. The van der Waals surface area contributed by atoms with Gasteiger partial charge in [-0.15, -0.1) is 0 Å². The lowest BCUT2D eigenvalue weighted by Crippen LogP contribution is -2.47. The van der Waals surface area contributed by atoms with Crippen LogP contribution in [0.25, 0.3) is 0 Å². The van der Waals surface area contributed by atoms with Gasteiger partial charge in [0.05, 0.1) is 19.6 Å². The lowest BCUT2D eigenvalue weighted by atomic mass is 9.49. The van der Waals surface area contributed by atoms with Crippen LogP contribution in [0.3, 0.4) is 0 Å². The quantitative estimate of drug-likeness (QED) is 0.392. The van der Waals surface area contributed by atoms with Crippen molar-refractivity contribution in [3.05, 3.63) is 0 Å². The van der Waals surface area contributed by atoms with Crippen molar-refractivity contribution >= 4 is 11.9 Å². The molecule has 4 saturated carbocycles. The van der Waals surface area contributed by atoms with Crippen molar-refractivity contribution in [3.8, 4) is 0 Å². The molecular weight excluding hydrogens is 354 g/mol. The van der Waals surface area contributed by atoms with Gasteiger partial charge in [0, 0.05) is 12.3 Å². The monoisotopic (exact) mass is 393 g/mol. The van der Waals surface area contributed by atoms with Gasteiger partial charge in [0.2, 0.25) is 0 Å². The zero-order valence-electron chi connectivity index (χ0n) is 18.1. The van der Waals surface area contributed by atoms with E-state index in [2.05, 4.69) is 4.90 Å². The Morgan fingerprint density at radius 1 is 0.929 bits per heavy atom. The van der Waals surface area contributed by atoms with Crippen LogP contribution in [-0.4, -0.2) is 50.7 Å². The third-order valence-corrected chi connectivity index (χ3v) is 6.98. The van der Waals surface area contributed by atoms with Crippen LogP contribution in [-0.2, 0) is 19.1 Å². The molecule has 0 radical (unpaired) electrons. The zero-order chi connectivity index (χ0) is 20.1. The molecule has 160 valence electrons. The number of esters is 2. The molecule has 0 saturated heterocycles. The summed E-state index contributed by atoms with van der Waals surface area (Å²) < 4.78 is 10.9. The standard InChI is InChI=1S/C23H39NO4/c1-17(15-27-21(25)6-4-5-7-24(2)3)16-28-22(26)14-23-11-18-8-19(12-23)10-20(9-18)13-23/h17-20H,4-16H2,1-3H3. The molecule has 4 bridgehead atoms. The SMILES string of the molecule is CC(COC(=O)CCCCN(C)C)COC(=O)CC12CC3CC(CC(C3)C1)C2. The summed E-state index contributed by atoms with van der Waals surface area (Å²) in [7, 11) is 4.06. The van der Waals surface area contributed by atoms with Crippen molar-refractivity contribution in [2.75, 3.05) is 33.9 Å². The highest BCUT2D eigenvalue weighted by molar-refractivity contribution is 5.70. The molecule has 1 unspecified atom stereocenters. The molecule has 4 aliphatic rings. The van der Waals surface area contributed by atoms with Gasteiger partial charge < -0.3 is 14.4 Å². The van der Waals surface area contributed by atoms with Crippen LogP contribution in [0.4, 0.5) is 0 Å². The summed E-state index contributed by atoms with van der Waals surface area (Å²) in [5, 5.41) is 0. The number of carbonyl (C=O) groups excluding carboxylic acids is 2. The first-order valence-corrected chi connectivity index (χ1v) is 11.3. The second-order valence-electron chi connectivity index (χ2n) is 10.3. The van der Waals surface area contributed by atoms with Crippen molar-refractivity contribution in [1.29, 1.82) is 0 Å². The van der Waals surface area contributed by atoms with Crippen molar-refractivity contribution in [2.24, 2.45) is 29.1 Å². The molecule has 1 atom stereocenters. The molecule has 5 nitrogen and oxygen atoms in total. The van der Waals surface area contributed by atoms with Crippen LogP contribution in [0.15, 0.2) is 0 Å². The molecule has 4 aliphatic carbocycles. The predicted molar refractivity (Wildman–Crippen MR) is 109 cm³/mol. The number of unbranched alkanes of at least 4 members (excludes halogenated alkanes) is 1. The second kappa shape index (κ2) is 9.60. The highest BCUT2D eigenvalue weighted by Crippen LogP contribution is 2.61. The van der Waals surface area contributed by atoms with Crippen molar-refractivity contribution < 1.29 is 19.1 Å². The van der Waals surface area contributed by atoms with Gasteiger partial charge in [0.15, 0.2) is 0 Å². The summed E-state index contributed by atoms with van der Waals surface area (Å²) in [5.74, 6) is 2.42. The lowest BCUT2D eigenvalue weighted by molar-refractivity contribution is -0.154. The Bertz CT molecular complexity index is 509. The van der Waals surface area contributed by atoms with Crippen LogP contribution in [0.1, 0.15) is 71.1 Å². The predicted octanol–water partition coefficient (Wildman–Crippen LogP) is 4.05. The van der Waals surface area contributed by atoms with Gasteiger partial charge >= 0.3 is 11.9 Å². The molecule has 4 fully saturated rings. The Kier molecular flexibility index (Phi) is 7.41. The zero-order valence-corrected chi connectivity index (χ0v) is 18.1. The molecule has 5 heteroatoms. The second-order valence-corrected chi connectivity index (χ2v) is 10.3. The Hall–Kier alpha value is -1.10. The Morgan fingerprint density at radius 2 is 1.46 bits per heavy atom. The van der Waals surface area contributed by atoms with E-state index >= 15 is 0 Å². The molecule has 0 aromatic rings. The van der Waals surface area contributed by atoms with Crippen LogP contribution in [0, 0.1) is 29.1 Å². The first kappa shape index (κ1) is 21.6. The van der Waals surface area contributed by atoms with Crippen molar-refractivity contribution in [3.63, 3.8) is 0 Å². The van der Waals surface area contributed by atoms with Crippen molar-refractivity contribution in [2.45, 2.75) is 71.1 Å². The molecule has 0 heterocycles. The van der Waals surface area contributed by atoms with Gasteiger partial charge in [-0.05, 0) is 95.2 Å². The molecule has 0 amide bonds. The van der Waals surface area contributed by atoms with E-state index in [-0.39, 0.29) is 23.3 Å². The maximum absolute atomic E-state index is 12.5. The first-order valence-electron chi connectivity index (χ1n) is 11.3. The maximum atomic E-state index is 12.5. The largest absolute Gasteiger partial charge is 0.465 e. The van der Waals surface area contributed by atoms with Crippen LogP contribution in [0.2, 0.25) is 0 Å². The van der Waals surface area contributed by atoms with Gasteiger partial charge in [-0.25, -0.2) is 0 Å². The summed E-state index contributed by atoms with van der Waals surface area (Å²) in [6, 6.07) is 0. The molecule has 28 heavy (non-hydrogen) atoms. The molecule has 0 aliphatic heterocycles. The van der Waals surface area contributed by atoms with Crippen molar-refractivity contribution in [1.82, 2.24) is 4.90 Å². The molecule has 0 aromatic carbocycles. The summed E-state index contributed by atoms with van der Waals surface area (Å²) in [4.78, 5) is 26.4. The number of hydrogen-bond acceptors (Lipinski definition) is 5. The van der Waals surface area contributed by atoms with Crippen LogP contribution >= 0.6 is 0 Å². The molecule has 4 rings (SSSR count). The summed E-state index contributed by atoms with van der Waals surface area (Å²) in [6.07, 6.45) is 10.8. The smallest absolute Gasteiger partial charge is 0.306 e. The topological polar surface area (TPSA) is 55.8 Å². The normalized spacial score (nSPS) is 31.8. The summed E-state index contributed by atoms with van der Waals surface area (Å²) in [6.45, 7) is 3.64. The fourth-order valence-electron chi connectivity index (χ4n) is 6.15. The minimum Gasteiger partial charge on any atom is -0.465 e. The van der Waals surface area contributed by atoms with E-state index in [0.717, 1.165) is 37.1 Å². The minimum absolute atomic E-state index is 0.0473. The number of carbonyl (C=O) groups is 2. The van der Waals surface area contributed by atoms with E-state index < -0.39 is 0 Å². The van der Waals surface area contributed by atoms with Gasteiger partial charge in [-0.1, -0.05) is 6.92 Å². The van der Waals surface area contributed by atoms with Gasteiger partial charge in [-0.2, -0.15) is 0 Å². The van der Waals surface area contributed by atoms with E-state index in [1.54, 1.807) is 0 Å². The van der Waals surface area contributed by atoms with Gasteiger partial charge in [0.1, 0.15) is 0 Å². The minimum atomic E-state index is -0.148. The maximum Gasteiger partial charge on any atom is 0.306 e. The summed E-state index contributed by atoms with van der Waals surface area (Å²) >= 11 is 0. The molecule has 0 spiro atoms. The Morgan fingerprint density at radius 3 is 2.00 bits per heavy atom.